The Morgan fingerprint density at radius 2 is 1.69 bits per heavy atom. The van der Waals surface area contributed by atoms with Gasteiger partial charge in [-0.2, -0.15) is 5.26 Å². The lowest BCUT2D eigenvalue weighted by molar-refractivity contribution is -0.671. The summed E-state index contributed by atoms with van der Waals surface area (Å²) in [5.74, 6) is 0.753. The Hall–Kier alpha value is -1.59. The molecule has 0 atom stereocenters. The molecular weight excluding hydrogens is 413 g/mol. The summed E-state index contributed by atoms with van der Waals surface area (Å²) in [5.41, 5.74) is 0. The minimum Gasteiger partial charge on any atom is -1.00 e. The number of imidazole rings is 2. The monoisotopic (exact) mass is 449 g/mol. The number of ether oxygens (including phenoxy) is 2. The van der Waals surface area contributed by atoms with Gasteiger partial charge < -0.3 is 26.4 Å². The number of alkyl halides is 1. The van der Waals surface area contributed by atoms with Crippen LogP contribution in [0.2, 0.25) is 0 Å². The molecule has 0 saturated carbocycles. The van der Waals surface area contributed by atoms with Crippen molar-refractivity contribution in [3.05, 3.63) is 37.4 Å². The number of hydrogen-bond donors (Lipinski definition) is 0. The van der Waals surface area contributed by atoms with Crippen molar-refractivity contribution >= 4 is 11.6 Å². The number of hydrogen-bond acceptors (Lipinski definition) is 4. The SMILES string of the molecule is CC#N.COCCCCCl.COCCCCn1cc[n+](C)c1.Cn1ccnc1.[Cl-]. The zero-order valence-electron chi connectivity index (χ0n) is 18.4. The van der Waals surface area contributed by atoms with Gasteiger partial charge in [0.15, 0.2) is 0 Å². The minimum absolute atomic E-state index is 0. The standard InChI is InChI=1S/C9H17N2O.C5H11ClO.C4H6N2.C2H3N.ClH/c1-10-6-7-11(9-10)5-3-4-8-12-2;1-7-5-3-2-4-6;1-6-3-2-5-4-6;1-2-3;/h6-7,9H,3-5,8H2,1-2H3;2-5H2,1H3;2-4H,1H3;1H3;1H/q+1;;;;/p-1. The average Bonchev–Trinajstić information content (AvgIpc) is 3.32. The molecule has 2 aromatic rings. The van der Waals surface area contributed by atoms with E-state index in [2.05, 4.69) is 32.8 Å². The lowest BCUT2D eigenvalue weighted by atomic mass is 10.3. The molecule has 0 amide bonds. The van der Waals surface area contributed by atoms with Gasteiger partial charge in [-0.05, 0) is 25.7 Å². The summed E-state index contributed by atoms with van der Waals surface area (Å²) < 4.78 is 15.9. The second-order valence-electron chi connectivity index (χ2n) is 5.86. The summed E-state index contributed by atoms with van der Waals surface area (Å²) in [6.45, 7) is 4.23. The number of methoxy groups -OCH3 is 2. The lowest BCUT2D eigenvalue weighted by Crippen LogP contribution is -3.00. The van der Waals surface area contributed by atoms with Crippen LogP contribution in [0.4, 0.5) is 0 Å². The van der Waals surface area contributed by atoms with E-state index in [9.17, 15) is 0 Å². The predicted molar refractivity (Wildman–Crippen MR) is 113 cm³/mol. The summed E-state index contributed by atoms with van der Waals surface area (Å²) in [6, 6.07) is 1.75. The van der Waals surface area contributed by atoms with Crippen molar-refractivity contribution in [1.82, 2.24) is 14.1 Å². The Balaban J connectivity index is -0.000000342. The molecular formula is C20H37Cl2N5O2. The Morgan fingerprint density at radius 1 is 1.10 bits per heavy atom. The first-order valence-corrected chi connectivity index (χ1v) is 9.86. The maximum absolute atomic E-state index is 7.32. The van der Waals surface area contributed by atoms with Crippen molar-refractivity contribution in [2.45, 2.75) is 39.2 Å². The topological polar surface area (TPSA) is 68.9 Å². The van der Waals surface area contributed by atoms with E-state index in [1.165, 1.54) is 13.3 Å². The Kier molecular flexibility index (Phi) is 29.2. The molecule has 0 spiro atoms. The largest absolute Gasteiger partial charge is 1.00 e. The fourth-order valence-corrected chi connectivity index (χ4v) is 2.03. The van der Waals surface area contributed by atoms with E-state index >= 15 is 0 Å². The first kappa shape index (κ1) is 32.1. The van der Waals surface area contributed by atoms with E-state index in [1.54, 1.807) is 32.8 Å². The summed E-state index contributed by atoms with van der Waals surface area (Å²) in [6.07, 6.45) is 16.1. The molecule has 0 aromatic carbocycles. The zero-order valence-corrected chi connectivity index (χ0v) is 19.9. The van der Waals surface area contributed by atoms with Crippen LogP contribution in [0.5, 0.6) is 0 Å². The van der Waals surface area contributed by atoms with E-state index < -0.39 is 0 Å². The van der Waals surface area contributed by atoms with Crippen molar-refractivity contribution in [3.8, 4) is 6.07 Å². The molecule has 0 bridgehead atoms. The first-order chi connectivity index (χ1) is 13.5. The number of aromatic nitrogens is 4. The van der Waals surface area contributed by atoms with E-state index in [0.717, 1.165) is 44.9 Å². The second kappa shape index (κ2) is 26.4. The summed E-state index contributed by atoms with van der Waals surface area (Å²) >= 11 is 5.38. The Labute approximate surface area is 187 Å². The molecule has 168 valence electrons. The molecule has 9 heteroatoms. The summed E-state index contributed by atoms with van der Waals surface area (Å²) in [7, 11) is 7.42. The highest BCUT2D eigenvalue weighted by molar-refractivity contribution is 6.17. The van der Waals surface area contributed by atoms with Crippen LogP contribution in [0.25, 0.3) is 0 Å². The van der Waals surface area contributed by atoms with Gasteiger partial charge in [0.1, 0.15) is 12.4 Å². The van der Waals surface area contributed by atoms with Crippen molar-refractivity contribution in [2.24, 2.45) is 14.1 Å². The van der Waals surface area contributed by atoms with Gasteiger partial charge in [0, 0.05) is 59.7 Å². The second-order valence-corrected chi connectivity index (χ2v) is 6.24. The molecule has 0 fully saturated rings. The maximum Gasteiger partial charge on any atom is 0.243 e. The van der Waals surface area contributed by atoms with E-state index in [4.69, 9.17) is 26.3 Å². The highest BCUT2D eigenvalue weighted by Gasteiger charge is 1.98. The van der Waals surface area contributed by atoms with E-state index in [1.807, 2.05) is 24.9 Å². The third-order valence-electron chi connectivity index (χ3n) is 3.21. The van der Waals surface area contributed by atoms with Gasteiger partial charge in [-0.3, -0.25) is 0 Å². The molecule has 29 heavy (non-hydrogen) atoms. The number of nitriles is 1. The van der Waals surface area contributed by atoms with Crippen LogP contribution in [0, 0.1) is 11.3 Å². The van der Waals surface area contributed by atoms with Crippen molar-refractivity contribution in [1.29, 1.82) is 5.26 Å². The van der Waals surface area contributed by atoms with Crippen LogP contribution in [0.15, 0.2) is 37.4 Å². The minimum atomic E-state index is 0. The normalized spacial score (nSPS) is 8.72. The number of unbranched alkanes of at least 4 members (excludes halogenated alkanes) is 2. The van der Waals surface area contributed by atoms with Gasteiger partial charge in [-0.25, -0.2) is 14.1 Å². The molecule has 0 aliphatic carbocycles. The van der Waals surface area contributed by atoms with Crippen LogP contribution < -0.4 is 17.0 Å². The molecule has 0 unspecified atom stereocenters. The van der Waals surface area contributed by atoms with Gasteiger partial charge in [0.2, 0.25) is 6.33 Å². The molecule has 7 nitrogen and oxygen atoms in total. The fourth-order valence-electron chi connectivity index (χ4n) is 1.84. The highest BCUT2D eigenvalue weighted by Crippen LogP contribution is 1.94. The van der Waals surface area contributed by atoms with Crippen molar-refractivity contribution in [3.63, 3.8) is 0 Å². The highest BCUT2D eigenvalue weighted by atomic mass is 35.5. The third kappa shape index (κ3) is 26.4. The summed E-state index contributed by atoms with van der Waals surface area (Å²) in [4.78, 5) is 3.78. The van der Waals surface area contributed by atoms with Gasteiger partial charge in [0.05, 0.1) is 26.0 Å². The fraction of sp³-hybridized carbons (Fsp3) is 0.650. The molecule has 2 heterocycles. The molecule has 0 radical (unpaired) electrons. The van der Waals surface area contributed by atoms with E-state index in [0.29, 0.717) is 0 Å². The number of aryl methyl sites for hydroxylation is 3. The molecule has 0 saturated heterocycles. The van der Waals surface area contributed by atoms with Gasteiger partial charge in [-0.1, -0.05) is 0 Å². The average molecular weight is 450 g/mol. The lowest BCUT2D eigenvalue weighted by Gasteiger charge is -1.96. The molecule has 2 rings (SSSR count). The predicted octanol–water partition coefficient (Wildman–Crippen LogP) is 0.345. The van der Waals surface area contributed by atoms with Crippen LogP contribution in [-0.4, -0.2) is 47.4 Å². The third-order valence-corrected chi connectivity index (χ3v) is 3.47. The van der Waals surface area contributed by atoms with Crippen molar-refractivity contribution < 1.29 is 26.4 Å². The smallest absolute Gasteiger partial charge is 0.243 e. The summed E-state index contributed by atoms with van der Waals surface area (Å²) in [5, 5.41) is 7.32. The zero-order chi connectivity index (χ0) is 21.5. The van der Waals surface area contributed by atoms with Gasteiger partial charge >= 0.3 is 0 Å². The molecule has 0 aliphatic heterocycles. The number of halogens is 2. The van der Waals surface area contributed by atoms with Crippen molar-refractivity contribution in [2.75, 3.05) is 33.3 Å². The van der Waals surface area contributed by atoms with Crippen LogP contribution in [-0.2, 0) is 30.1 Å². The number of nitrogens with zero attached hydrogens (tertiary/aromatic N) is 5. The first-order valence-electron chi connectivity index (χ1n) is 9.33. The molecule has 2 aromatic heterocycles. The number of rotatable bonds is 9. The van der Waals surface area contributed by atoms with Gasteiger partial charge in [0.25, 0.3) is 0 Å². The van der Waals surface area contributed by atoms with Crippen LogP contribution in [0.3, 0.4) is 0 Å². The molecule has 0 N–H and O–H groups in total. The Bertz CT molecular complexity index is 568. The molecule has 0 aliphatic rings. The maximum atomic E-state index is 7.32. The van der Waals surface area contributed by atoms with Gasteiger partial charge in [-0.15, -0.1) is 11.6 Å². The Morgan fingerprint density at radius 3 is 2.03 bits per heavy atom. The quantitative estimate of drug-likeness (QED) is 0.314. The van der Waals surface area contributed by atoms with E-state index in [-0.39, 0.29) is 12.4 Å². The van der Waals surface area contributed by atoms with Crippen LogP contribution in [0.1, 0.15) is 32.6 Å². The van der Waals surface area contributed by atoms with Crippen LogP contribution >= 0.6 is 11.6 Å².